The fourth-order valence-corrected chi connectivity index (χ4v) is 4.99. The lowest BCUT2D eigenvalue weighted by atomic mass is 9.90. The number of nitrogens with one attached hydrogen (secondary N) is 2. The van der Waals surface area contributed by atoms with E-state index < -0.39 is 10.0 Å². The van der Waals surface area contributed by atoms with Crippen molar-refractivity contribution < 1.29 is 22.8 Å². The van der Waals surface area contributed by atoms with E-state index in [2.05, 4.69) is 10.3 Å². The first-order valence-electron chi connectivity index (χ1n) is 11.0. The average molecular weight is 494 g/mol. The number of para-hydroxylation sites is 1. The Labute approximate surface area is 204 Å². The molecule has 0 fully saturated rings. The second-order valence-electron chi connectivity index (χ2n) is 7.95. The molecule has 1 unspecified atom stereocenters. The summed E-state index contributed by atoms with van der Waals surface area (Å²) in [5.74, 6) is 0.225. The molecule has 4 aromatic rings. The molecule has 1 amide bonds. The molecule has 0 saturated carbocycles. The quantitative estimate of drug-likeness (QED) is 0.344. The van der Waals surface area contributed by atoms with E-state index in [-0.39, 0.29) is 22.3 Å². The van der Waals surface area contributed by atoms with Gasteiger partial charge in [-0.25, -0.2) is 8.42 Å². The molecule has 1 aromatic heterocycles. The fourth-order valence-electron chi connectivity index (χ4n) is 3.97. The van der Waals surface area contributed by atoms with Crippen LogP contribution in [0.25, 0.3) is 10.9 Å². The zero-order chi connectivity index (χ0) is 25.0. The number of carbonyl (C=O) groups is 1. The molecular formula is C26H27N3O5S. The van der Waals surface area contributed by atoms with Gasteiger partial charge in [0, 0.05) is 42.2 Å². The van der Waals surface area contributed by atoms with E-state index in [4.69, 9.17) is 9.57 Å². The number of hydrogen-bond acceptors (Lipinski definition) is 5. The summed E-state index contributed by atoms with van der Waals surface area (Å²) in [7, 11) is 0.302. The Kier molecular flexibility index (Phi) is 7.20. The number of H-pyrrole nitrogens is 1. The first-order valence-corrected chi connectivity index (χ1v) is 12.4. The Morgan fingerprint density at radius 1 is 1.03 bits per heavy atom. The van der Waals surface area contributed by atoms with Gasteiger partial charge >= 0.3 is 0 Å². The second-order valence-corrected chi connectivity index (χ2v) is 9.89. The van der Waals surface area contributed by atoms with Gasteiger partial charge in [0.1, 0.15) is 5.75 Å². The lowest BCUT2D eigenvalue weighted by molar-refractivity contribution is -0.0258. The van der Waals surface area contributed by atoms with E-state index in [1.54, 1.807) is 13.2 Å². The molecule has 0 aliphatic heterocycles. The Hall–Kier alpha value is -3.66. The third-order valence-corrected chi connectivity index (χ3v) is 7.65. The summed E-state index contributed by atoms with van der Waals surface area (Å²) < 4.78 is 31.2. The number of benzene rings is 3. The zero-order valence-electron chi connectivity index (χ0n) is 19.7. The number of sulfonamides is 1. The maximum Gasteiger partial charge on any atom is 0.264 e. The van der Waals surface area contributed by atoms with Crippen LogP contribution in [-0.4, -0.2) is 51.6 Å². The van der Waals surface area contributed by atoms with Gasteiger partial charge in [-0.15, -0.1) is 0 Å². The normalized spacial score (nSPS) is 12.6. The molecule has 2 N–H and O–H groups in total. The van der Waals surface area contributed by atoms with Crippen molar-refractivity contribution in [3.05, 3.63) is 95.7 Å². The van der Waals surface area contributed by atoms with Gasteiger partial charge in [-0.1, -0.05) is 40.9 Å². The van der Waals surface area contributed by atoms with Crippen molar-refractivity contribution in [2.75, 3.05) is 27.8 Å². The number of ether oxygens (including phenoxy) is 1. The van der Waals surface area contributed by atoms with Crippen LogP contribution in [0.3, 0.4) is 0 Å². The minimum Gasteiger partial charge on any atom is -0.497 e. The summed E-state index contributed by atoms with van der Waals surface area (Å²) >= 11 is 0. The molecule has 0 bridgehead atoms. The highest BCUT2D eigenvalue weighted by Gasteiger charge is 2.23. The van der Waals surface area contributed by atoms with Crippen molar-refractivity contribution in [3.8, 4) is 5.75 Å². The van der Waals surface area contributed by atoms with Crippen molar-refractivity contribution in [1.82, 2.24) is 14.8 Å². The Morgan fingerprint density at radius 2 is 1.77 bits per heavy atom. The fraction of sp³-hybridized carbons (Fsp3) is 0.192. The number of aromatic amines is 1. The monoisotopic (exact) mass is 493 g/mol. The van der Waals surface area contributed by atoms with Crippen molar-refractivity contribution in [3.63, 3.8) is 0 Å². The summed E-state index contributed by atoms with van der Waals surface area (Å²) in [6.07, 6.45) is 1.96. The summed E-state index contributed by atoms with van der Waals surface area (Å²) in [5, 5.41) is 4.05. The predicted molar refractivity (Wildman–Crippen MR) is 134 cm³/mol. The summed E-state index contributed by atoms with van der Waals surface area (Å²) in [4.78, 5) is 21.1. The summed E-state index contributed by atoms with van der Waals surface area (Å²) in [5.41, 5.74) is 3.30. The molecule has 182 valence electrons. The minimum atomic E-state index is -3.87. The van der Waals surface area contributed by atoms with E-state index in [1.165, 1.54) is 32.4 Å². The van der Waals surface area contributed by atoms with Gasteiger partial charge in [0.2, 0.25) is 0 Å². The van der Waals surface area contributed by atoms with Gasteiger partial charge in [0.15, 0.2) is 0 Å². The molecule has 1 atom stereocenters. The number of aromatic nitrogens is 1. The molecule has 0 radical (unpaired) electrons. The second kappa shape index (κ2) is 10.3. The first kappa shape index (κ1) is 24.5. The van der Waals surface area contributed by atoms with Crippen LogP contribution in [-0.2, 0) is 14.9 Å². The van der Waals surface area contributed by atoms with Crippen LogP contribution in [0.2, 0.25) is 0 Å². The molecule has 0 saturated heterocycles. The van der Waals surface area contributed by atoms with Crippen LogP contribution in [0.5, 0.6) is 5.75 Å². The molecule has 0 aliphatic rings. The summed E-state index contributed by atoms with van der Waals surface area (Å²) in [6.45, 7) is 0.308. The predicted octanol–water partition coefficient (Wildman–Crippen LogP) is 3.92. The van der Waals surface area contributed by atoms with Crippen LogP contribution >= 0.6 is 0 Å². The van der Waals surface area contributed by atoms with Gasteiger partial charge in [-0.2, -0.15) is 0 Å². The van der Waals surface area contributed by atoms with E-state index in [0.717, 1.165) is 32.2 Å². The van der Waals surface area contributed by atoms with Gasteiger partial charge in [0.05, 0.1) is 19.1 Å². The number of nitrogens with zero attached hydrogens (tertiary/aromatic N) is 1. The van der Waals surface area contributed by atoms with Crippen molar-refractivity contribution >= 4 is 26.8 Å². The van der Waals surface area contributed by atoms with E-state index in [1.807, 2.05) is 54.7 Å². The van der Waals surface area contributed by atoms with Crippen molar-refractivity contribution in [2.45, 2.75) is 10.8 Å². The topological polar surface area (TPSA) is 101 Å². The molecule has 0 spiro atoms. The SMILES string of the molecule is COc1ccc(C(CNC(=O)c2cccc(S(=O)(=O)N(C)OC)c2)c2c[nH]c3ccccc23)cc1. The van der Waals surface area contributed by atoms with Gasteiger partial charge in [0.25, 0.3) is 15.9 Å². The number of hydroxylamine groups is 1. The number of fused-ring (bicyclic) bond motifs is 1. The molecule has 3 aromatic carbocycles. The number of methoxy groups -OCH3 is 1. The molecule has 1 heterocycles. The maximum absolute atomic E-state index is 13.1. The molecule has 0 aliphatic carbocycles. The highest BCUT2D eigenvalue weighted by atomic mass is 32.2. The van der Waals surface area contributed by atoms with E-state index in [9.17, 15) is 13.2 Å². The number of carbonyl (C=O) groups excluding carboxylic acids is 1. The van der Waals surface area contributed by atoms with Gasteiger partial charge < -0.3 is 15.0 Å². The maximum atomic E-state index is 13.1. The van der Waals surface area contributed by atoms with E-state index >= 15 is 0 Å². The number of hydrogen-bond donors (Lipinski definition) is 2. The first-order chi connectivity index (χ1) is 16.8. The molecule has 9 heteroatoms. The van der Waals surface area contributed by atoms with Crippen LogP contribution in [0.15, 0.2) is 83.9 Å². The van der Waals surface area contributed by atoms with Crippen LogP contribution < -0.4 is 10.1 Å². The summed E-state index contributed by atoms with van der Waals surface area (Å²) in [6, 6.07) is 21.6. The Morgan fingerprint density at radius 3 is 2.49 bits per heavy atom. The van der Waals surface area contributed by atoms with Crippen LogP contribution in [0.1, 0.15) is 27.4 Å². The minimum absolute atomic E-state index is 0.0298. The largest absolute Gasteiger partial charge is 0.497 e. The van der Waals surface area contributed by atoms with E-state index in [0.29, 0.717) is 6.54 Å². The third-order valence-electron chi connectivity index (χ3n) is 5.97. The molecule has 8 nitrogen and oxygen atoms in total. The Balaban J connectivity index is 1.62. The molecule has 4 rings (SSSR count). The highest BCUT2D eigenvalue weighted by molar-refractivity contribution is 7.89. The van der Waals surface area contributed by atoms with Gasteiger partial charge in [-0.3, -0.25) is 9.63 Å². The molecular weight excluding hydrogens is 466 g/mol. The zero-order valence-corrected chi connectivity index (χ0v) is 20.5. The Bertz CT molecular complexity index is 1430. The average Bonchev–Trinajstić information content (AvgIpc) is 3.32. The third kappa shape index (κ3) is 5.07. The lowest BCUT2D eigenvalue weighted by Gasteiger charge is -2.19. The lowest BCUT2D eigenvalue weighted by Crippen LogP contribution is -2.29. The smallest absolute Gasteiger partial charge is 0.264 e. The number of amides is 1. The van der Waals surface area contributed by atoms with Crippen LogP contribution in [0.4, 0.5) is 0 Å². The van der Waals surface area contributed by atoms with Crippen LogP contribution in [0, 0.1) is 0 Å². The standard InChI is InChI=1S/C26H27N3O5S/c1-29(34-3)35(31,32)21-8-6-7-19(15-21)26(30)28-16-23(18-11-13-20(33-2)14-12-18)24-17-27-25-10-5-4-9-22(24)25/h4-15,17,23,27H,16H2,1-3H3,(H,28,30). The van der Waals surface area contributed by atoms with Crippen molar-refractivity contribution in [2.24, 2.45) is 0 Å². The van der Waals surface area contributed by atoms with Gasteiger partial charge in [-0.05, 0) is 47.5 Å². The highest BCUT2D eigenvalue weighted by Crippen LogP contribution is 2.31. The van der Waals surface area contributed by atoms with Crippen molar-refractivity contribution in [1.29, 1.82) is 0 Å². The number of rotatable bonds is 9. The molecule has 35 heavy (non-hydrogen) atoms.